The Morgan fingerprint density at radius 1 is 1.06 bits per heavy atom. The zero-order valence-electron chi connectivity index (χ0n) is 10.3. The molecule has 3 heteroatoms. The summed E-state index contributed by atoms with van der Waals surface area (Å²) in [7, 11) is 0. The highest BCUT2D eigenvalue weighted by Gasteiger charge is 2.23. The number of rotatable bonds is 5. The van der Waals surface area contributed by atoms with Gasteiger partial charge in [0.1, 0.15) is 0 Å². The summed E-state index contributed by atoms with van der Waals surface area (Å²) >= 11 is 0. The van der Waals surface area contributed by atoms with Crippen molar-refractivity contribution >= 4 is 0 Å². The highest BCUT2D eigenvalue weighted by Crippen LogP contribution is 2.23. The van der Waals surface area contributed by atoms with Crippen LogP contribution in [0, 0.1) is 5.92 Å². The molecule has 0 amide bonds. The molecule has 1 heterocycles. The van der Waals surface area contributed by atoms with Crippen molar-refractivity contribution < 1.29 is 5.11 Å². The highest BCUT2D eigenvalue weighted by atomic mass is 16.3. The van der Waals surface area contributed by atoms with Crippen LogP contribution in [0.2, 0.25) is 0 Å². The molecule has 2 rings (SSSR count). The molecule has 0 radical (unpaired) electrons. The summed E-state index contributed by atoms with van der Waals surface area (Å²) in [5, 5.41) is 13.0. The molecule has 16 heavy (non-hydrogen) atoms. The maximum absolute atomic E-state index is 9.32. The van der Waals surface area contributed by atoms with Gasteiger partial charge in [-0.2, -0.15) is 0 Å². The van der Waals surface area contributed by atoms with E-state index in [1.807, 2.05) is 0 Å². The summed E-state index contributed by atoms with van der Waals surface area (Å²) in [6, 6.07) is 0.571. The molecule has 94 valence electrons. The lowest BCUT2D eigenvalue weighted by atomic mass is 9.85. The third kappa shape index (κ3) is 3.44. The Kier molecular flexibility index (Phi) is 5.07. The highest BCUT2D eigenvalue weighted by molar-refractivity contribution is 4.81. The fourth-order valence-electron chi connectivity index (χ4n) is 3.11. The number of aliphatic hydroxyl groups is 1. The third-order valence-electron chi connectivity index (χ3n) is 4.18. The van der Waals surface area contributed by atoms with Crippen molar-refractivity contribution in [3.63, 3.8) is 0 Å². The minimum atomic E-state index is 0.362. The minimum Gasteiger partial charge on any atom is -0.396 e. The molecule has 2 N–H and O–H groups in total. The lowest BCUT2D eigenvalue weighted by Gasteiger charge is -2.31. The molecule has 1 saturated carbocycles. The Morgan fingerprint density at radius 2 is 1.81 bits per heavy atom. The molecule has 3 nitrogen and oxygen atoms in total. The Hall–Kier alpha value is -0.120. The van der Waals surface area contributed by atoms with Gasteiger partial charge in [0.05, 0.1) is 0 Å². The van der Waals surface area contributed by atoms with Gasteiger partial charge in [-0.1, -0.05) is 12.8 Å². The fourth-order valence-corrected chi connectivity index (χ4v) is 3.11. The van der Waals surface area contributed by atoms with E-state index in [2.05, 4.69) is 10.2 Å². The third-order valence-corrected chi connectivity index (χ3v) is 4.18. The summed E-state index contributed by atoms with van der Waals surface area (Å²) in [5.74, 6) is 0.507. The van der Waals surface area contributed by atoms with E-state index in [0.717, 1.165) is 6.54 Å². The molecule has 0 spiro atoms. The van der Waals surface area contributed by atoms with Gasteiger partial charge in [0.25, 0.3) is 0 Å². The second-order valence-corrected chi connectivity index (χ2v) is 5.34. The number of hydrogen-bond acceptors (Lipinski definition) is 3. The number of nitrogens with zero attached hydrogens (tertiary/aromatic N) is 1. The van der Waals surface area contributed by atoms with E-state index >= 15 is 0 Å². The van der Waals surface area contributed by atoms with Crippen molar-refractivity contribution in [1.82, 2.24) is 10.2 Å². The molecule has 1 saturated heterocycles. The molecule has 0 aromatic carbocycles. The molecular formula is C13H26N2O. The van der Waals surface area contributed by atoms with E-state index in [-0.39, 0.29) is 0 Å². The number of hydrogen-bond donors (Lipinski definition) is 2. The molecule has 2 fully saturated rings. The van der Waals surface area contributed by atoms with Crippen molar-refractivity contribution in [2.75, 3.05) is 32.8 Å². The zero-order valence-corrected chi connectivity index (χ0v) is 10.3. The van der Waals surface area contributed by atoms with Gasteiger partial charge in [0.2, 0.25) is 0 Å². The molecule has 2 unspecified atom stereocenters. The van der Waals surface area contributed by atoms with E-state index < -0.39 is 0 Å². The standard InChI is InChI=1S/C13H26N2O/c16-11-12-5-1-2-6-13(12)14-7-10-15-8-3-4-9-15/h12-14,16H,1-11H2. The fraction of sp³-hybridized carbons (Fsp3) is 1.00. The van der Waals surface area contributed by atoms with Crippen molar-refractivity contribution in [3.8, 4) is 0 Å². The maximum atomic E-state index is 9.32. The van der Waals surface area contributed by atoms with Gasteiger partial charge in [-0.15, -0.1) is 0 Å². The summed E-state index contributed by atoms with van der Waals surface area (Å²) in [5.41, 5.74) is 0. The van der Waals surface area contributed by atoms with Crippen LogP contribution in [0.4, 0.5) is 0 Å². The first kappa shape index (κ1) is 12.3. The van der Waals surface area contributed by atoms with Crippen LogP contribution in [0.15, 0.2) is 0 Å². The summed E-state index contributed by atoms with van der Waals surface area (Å²) in [6.07, 6.45) is 7.85. The van der Waals surface area contributed by atoms with E-state index in [0.29, 0.717) is 18.6 Å². The topological polar surface area (TPSA) is 35.5 Å². The molecule has 2 aliphatic rings. The lowest BCUT2D eigenvalue weighted by Crippen LogP contribution is -2.43. The van der Waals surface area contributed by atoms with Gasteiger partial charge >= 0.3 is 0 Å². The smallest absolute Gasteiger partial charge is 0.0474 e. The van der Waals surface area contributed by atoms with Crippen molar-refractivity contribution in [2.24, 2.45) is 5.92 Å². The van der Waals surface area contributed by atoms with Gasteiger partial charge in [-0.05, 0) is 44.7 Å². The summed E-state index contributed by atoms with van der Waals surface area (Å²) in [6.45, 7) is 5.22. The van der Waals surface area contributed by atoms with Crippen molar-refractivity contribution in [2.45, 2.75) is 44.6 Å². The number of nitrogens with one attached hydrogen (secondary N) is 1. The van der Waals surface area contributed by atoms with E-state index in [1.54, 1.807) is 0 Å². The average molecular weight is 226 g/mol. The normalized spacial score (nSPS) is 32.1. The van der Waals surface area contributed by atoms with Gasteiger partial charge in [0.15, 0.2) is 0 Å². The number of aliphatic hydroxyl groups excluding tert-OH is 1. The van der Waals surface area contributed by atoms with Gasteiger partial charge < -0.3 is 15.3 Å². The lowest BCUT2D eigenvalue weighted by molar-refractivity contribution is 0.151. The van der Waals surface area contributed by atoms with Crippen LogP contribution in [-0.2, 0) is 0 Å². The molecule has 0 bridgehead atoms. The zero-order chi connectivity index (χ0) is 11.2. The second-order valence-electron chi connectivity index (χ2n) is 5.34. The first-order valence-electron chi connectivity index (χ1n) is 6.97. The monoisotopic (exact) mass is 226 g/mol. The van der Waals surface area contributed by atoms with Crippen molar-refractivity contribution in [1.29, 1.82) is 0 Å². The van der Waals surface area contributed by atoms with Crippen LogP contribution in [-0.4, -0.2) is 48.8 Å². The van der Waals surface area contributed by atoms with Crippen LogP contribution in [0.5, 0.6) is 0 Å². The first-order chi connectivity index (χ1) is 7.90. The number of likely N-dealkylation sites (tertiary alicyclic amines) is 1. The van der Waals surface area contributed by atoms with E-state index in [4.69, 9.17) is 0 Å². The molecule has 1 aliphatic carbocycles. The van der Waals surface area contributed by atoms with E-state index in [9.17, 15) is 5.11 Å². The minimum absolute atomic E-state index is 0.362. The van der Waals surface area contributed by atoms with Gasteiger partial charge in [-0.25, -0.2) is 0 Å². The Balaban J connectivity index is 1.63. The molecule has 0 aromatic rings. The molecule has 2 atom stereocenters. The molecule has 1 aliphatic heterocycles. The molecule has 0 aromatic heterocycles. The SMILES string of the molecule is OCC1CCCCC1NCCN1CCCC1. The predicted molar refractivity (Wildman–Crippen MR) is 66.5 cm³/mol. The Morgan fingerprint density at radius 3 is 2.56 bits per heavy atom. The summed E-state index contributed by atoms with van der Waals surface area (Å²) < 4.78 is 0. The second kappa shape index (κ2) is 6.58. The van der Waals surface area contributed by atoms with Gasteiger partial charge in [0, 0.05) is 25.7 Å². The van der Waals surface area contributed by atoms with Crippen molar-refractivity contribution in [3.05, 3.63) is 0 Å². The first-order valence-corrected chi connectivity index (χ1v) is 6.97. The van der Waals surface area contributed by atoms with Crippen LogP contribution in [0.3, 0.4) is 0 Å². The van der Waals surface area contributed by atoms with E-state index in [1.165, 1.54) is 58.2 Å². The largest absolute Gasteiger partial charge is 0.396 e. The van der Waals surface area contributed by atoms with Crippen LogP contribution < -0.4 is 5.32 Å². The maximum Gasteiger partial charge on any atom is 0.0474 e. The van der Waals surface area contributed by atoms with Crippen LogP contribution in [0.1, 0.15) is 38.5 Å². The van der Waals surface area contributed by atoms with Gasteiger partial charge in [-0.3, -0.25) is 0 Å². The van der Waals surface area contributed by atoms with Crippen LogP contribution in [0.25, 0.3) is 0 Å². The quantitative estimate of drug-likeness (QED) is 0.740. The molecular weight excluding hydrogens is 200 g/mol. The van der Waals surface area contributed by atoms with Crippen LogP contribution >= 0.6 is 0 Å². The Labute approximate surface area is 99.2 Å². The Bertz CT molecular complexity index is 192. The summed E-state index contributed by atoms with van der Waals surface area (Å²) in [4.78, 5) is 2.55. The predicted octanol–water partition coefficient (Wildman–Crippen LogP) is 1.22. The average Bonchev–Trinajstić information content (AvgIpc) is 2.83.